The van der Waals surface area contributed by atoms with Gasteiger partial charge in [-0.15, -0.1) is 0 Å². The molecule has 1 fully saturated rings. The first-order chi connectivity index (χ1) is 5.29. The average molecular weight is 162 g/mol. The second-order valence-electron chi connectivity index (χ2n) is 2.65. The van der Waals surface area contributed by atoms with E-state index in [-0.39, 0.29) is 0 Å². The van der Waals surface area contributed by atoms with Crippen LogP contribution in [0.5, 0.6) is 0 Å². The van der Waals surface area contributed by atoms with Crippen LogP contribution in [0.25, 0.3) is 0 Å². The molecule has 1 rings (SSSR count). The fourth-order valence-corrected chi connectivity index (χ4v) is 0.747. The third-order valence-electron chi connectivity index (χ3n) is 1.46. The Bertz CT molecular complexity index is 96.6. The smallest absolute Gasteiger partial charge is 0.151 e. The molecule has 0 aromatic heterocycles. The third kappa shape index (κ3) is 5.15. The van der Waals surface area contributed by atoms with E-state index in [0.717, 1.165) is 6.61 Å². The van der Waals surface area contributed by atoms with E-state index in [1.807, 2.05) is 0 Å². The maximum absolute atomic E-state index is 8.45. The largest absolute Gasteiger partial charge is 0.379 e. The topological polar surface area (TPSA) is 62.2 Å². The SMILES string of the molecule is OC(O)CCCOCC1CO1. The molecule has 0 amide bonds. The van der Waals surface area contributed by atoms with Crippen molar-refractivity contribution < 1.29 is 19.7 Å². The van der Waals surface area contributed by atoms with Crippen LogP contribution in [-0.2, 0) is 9.47 Å². The Kier molecular flexibility index (Phi) is 3.79. The summed E-state index contributed by atoms with van der Waals surface area (Å²) < 4.78 is 10.1. The van der Waals surface area contributed by atoms with E-state index in [9.17, 15) is 0 Å². The highest BCUT2D eigenvalue weighted by Crippen LogP contribution is 2.08. The zero-order valence-corrected chi connectivity index (χ0v) is 6.40. The van der Waals surface area contributed by atoms with Crippen molar-refractivity contribution in [3.8, 4) is 0 Å². The molecule has 2 N–H and O–H groups in total. The van der Waals surface area contributed by atoms with Gasteiger partial charge in [0.25, 0.3) is 0 Å². The van der Waals surface area contributed by atoms with Crippen LogP contribution in [0.15, 0.2) is 0 Å². The van der Waals surface area contributed by atoms with Crippen molar-refractivity contribution in [2.24, 2.45) is 0 Å². The summed E-state index contributed by atoms with van der Waals surface area (Å²) >= 11 is 0. The Labute approximate surface area is 65.7 Å². The molecule has 0 aliphatic carbocycles. The molecule has 1 saturated heterocycles. The molecule has 11 heavy (non-hydrogen) atoms. The van der Waals surface area contributed by atoms with Gasteiger partial charge in [0.05, 0.1) is 13.2 Å². The molecule has 1 aliphatic rings. The number of aliphatic hydroxyl groups excluding tert-OH is 1. The third-order valence-corrected chi connectivity index (χ3v) is 1.46. The molecule has 0 radical (unpaired) electrons. The maximum atomic E-state index is 8.45. The van der Waals surface area contributed by atoms with Crippen LogP contribution in [0.3, 0.4) is 0 Å². The normalized spacial score (nSPS) is 22.6. The molecule has 1 unspecified atom stereocenters. The van der Waals surface area contributed by atoms with E-state index in [1.54, 1.807) is 0 Å². The minimum absolute atomic E-state index is 0.300. The molecule has 1 atom stereocenters. The highest BCUT2D eigenvalue weighted by atomic mass is 16.6. The summed E-state index contributed by atoms with van der Waals surface area (Å²) in [6, 6.07) is 0. The molecular formula is C7H14O4. The monoisotopic (exact) mass is 162 g/mol. The summed E-state index contributed by atoms with van der Waals surface area (Å²) in [6.45, 7) is 2.03. The van der Waals surface area contributed by atoms with Crippen molar-refractivity contribution in [2.75, 3.05) is 19.8 Å². The molecule has 0 saturated carbocycles. The zero-order valence-electron chi connectivity index (χ0n) is 6.40. The highest BCUT2D eigenvalue weighted by Gasteiger charge is 2.21. The Morgan fingerprint density at radius 2 is 2.27 bits per heavy atom. The molecule has 0 aromatic rings. The van der Waals surface area contributed by atoms with Gasteiger partial charge in [-0.05, 0) is 6.42 Å². The fourth-order valence-electron chi connectivity index (χ4n) is 0.747. The Hall–Kier alpha value is -0.160. The van der Waals surface area contributed by atoms with Crippen molar-refractivity contribution in [2.45, 2.75) is 25.2 Å². The lowest BCUT2D eigenvalue weighted by molar-refractivity contribution is -0.0506. The van der Waals surface area contributed by atoms with E-state index in [4.69, 9.17) is 19.7 Å². The summed E-state index contributed by atoms with van der Waals surface area (Å²) in [5, 5.41) is 16.9. The summed E-state index contributed by atoms with van der Waals surface area (Å²) in [4.78, 5) is 0. The van der Waals surface area contributed by atoms with Gasteiger partial charge in [0.2, 0.25) is 0 Å². The summed E-state index contributed by atoms with van der Waals surface area (Å²) in [7, 11) is 0. The molecule has 4 heteroatoms. The van der Waals surface area contributed by atoms with E-state index in [0.29, 0.717) is 32.2 Å². The lowest BCUT2D eigenvalue weighted by Gasteiger charge is -2.03. The molecule has 1 aliphatic heterocycles. The van der Waals surface area contributed by atoms with E-state index >= 15 is 0 Å². The van der Waals surface area contributed by atoms with E-state index in [1.165, 1.54) is 0 Å². The van der Waals surface area contributed by atoms with Crippen LogP contribution in [-0.4, -0.2) is 42.4 Å². The molecular weight excluding hydrogens is 148 g/mol. The van der Waals surface area contributed by atoms with Gasteiger partial charge in [0.15, 0.2) is 6.29 Å². The summed E-state index contributed by atoms with van der Waals surface area (Å²) in [5.74, 6) is 0. The first-order valence-corrected chi connectivity index (χ1v) is 3.84. The lowest BCUT2D eigenvalue weighted by atomic mass is 10.3. The average Bonchev–Trinajstić information content (AvgIpc) is 2.70. The highest BCUT2D eigenvalue weighted by molar-refractivity contribution is 4.66. The predicted octanol–water partition coefficient (Wildman–Crippen LogP) is -0.507. The standard InChI is InChI=1S/C7H14O4/c8-7(9)2-1-3-10-4-6-5-11-6/h6-9H,1-5H2. The number of aliphatic hydroxyl groups is 2. The van der Waals surface area contributed by atoms with Crippen LogP contribution in [0.1, 0.15) is 12.8 Å². The van der Waals surface area contributed by atoms with Gasteiger partial charge in [0, 0.05) is 13.0 Å². The second-order valence-corrected chi connectivity index (χ2v) is 2.65. The number of hydrogen-bond acceptors (Lipinski definition) is 4. The van der Waals surface area contributed by atoms with E-state index in [2.05, 4.69) is 0 Å². The quantitative estimate of drug-likeness (QED) is 0.314. The molecule has 0 aromatic carbocycles. The van der Waals surface area contributed by atoms with Gasteiger partial charge in [-0.3, -0.25) is 0 Å². The maximum Gasteiger partial charge on any atom is 0.151 e. The summed E-state index contributed by atoms with van der Waals surface area (Å²) in [5.41, 5.74) is 0. The Balaban J connectivity index is 1.73. The van der Waals surface area contributed by atoms with Crippen LogP contribution < -0.4 is 0 Å². The van der Waals surface area contributed by atoms with Gasteiger partial charge in [-0.1, -0.05) is 0 Å². The molecule has 0 bridgehead atoms. The lowest BCUT2D eigenvalue weighted by Crippen LogP contribution is -2.08. The summed E-state index contributed by atoms with van der Waals surface area (Å²) in [6.07, 6.45) is 0.167. The number of rotatable bonds is 6. The Morgan fingerprint density at radius 1 is 1.55 bits per heavy atom. The van der Waals surface area contributed by atoms with Crippen LogP contribution in [0.2, 0.25) is 0 Å². The second kappa shape index (κ2) is 4.66. The van der Waals surface area contributed by atoms with Crippen molar-refractivity contribution in [1.29, 1.82) is 0 Å². The van der Waals surface area contributed by atoms with Gasteiger partial charge >= 0.3 is 0 Å². The number of hydrogen-bond donors (Lipinski definition) is 2. The molecule has 4 nitrogen and oxygen atoms in total. The van der Waals surface area contributed by atoms with Crippen LogP contribution in [0, 0.1) is 0 Å². The molecule has 1 heterocycles. The van der Waals surface area contributed by atoms with Crippen molar-refractivity contribution in [3.63, 3.8) is 0 Å². The van der Waals surface area contributed by atoms with Crippen LogP contribution >= 0.6 is 0 Å². The van der Waals surface area contributed by atoms with Crippen molar-refractivity contribution in [1.82, 2.24) is 0 Å². The van der Waals surface area contributed by atoms with Crippen molar-refractivity contribution >= 4 is 0 Å². The minimum atomic E-state index is -1.20. The molecule has 0 spiro atoms. The fraction of sp³-hybridized carbons (Fsp3) is 1.00. The number of epoxide rings is 1. The van der Waals surface area contributed by atoms with Gasteiger partial charge < -0.3 is 19.7 Å². The first kappa shape index (κ1) is 8.93. The van der Waals surface area contributed by atoms with Gasteiger partial charge in [0.1, 0.15) is 6.10 Å². The van der Waals surface area contributed by atoms with Gasteiger partial charge in [-0.2, -0.15) is 0 Å². The van der Waals surface area contributed by atoms with Crippen LogP contribution in [0.4, 0.5) is 0 Å². The number of ether oxygens (including phenoxy) is 2. The Morgan fingerprint density at radius 3 is 2.82 bits per heavy atom. The molecule has 66 valence electrons. The minimum Gasteiger partial charge on any atom is -0.379 e. The van der Waals surface area contributed by atoms with Gasteiger partial charge in [-0.25, -0.2) is 0 Å². The van der Waals surface area contributed by atoms with Crippen molar-refractivity contribution in [3.05, 3.63) is 0 Å². The van der Waals surface area contributed by atoms with E-state index < -0.39 is 6.29 Å². The predicted molar refractivity (Wildman–Crippen MR) is 38.0 cm³/mol. The zero-order chi connectivity index (χ0) is 8.10. The first-order valence-electron chi connectivity index (χ1n) is 3.84.